The Kier molecular flexibility index (Phi) is 11.3. The van der Waals surface area contributed by atoms with Crippen LogP contribution in [-0.4, -0.2) is 53.1 Å². The second kappa shape index (κ2) is 13.9. The Morgan fingerprint density at radius 1 is 0.947 bits per heavy atom. The van der Waals surface area contributed by atoms with E-state index < -0.39 is 0 Å². The number of nitrogens with zero attached hydrogens (tertiary/aromatic N) is 4. The highest BCUT2D eigenvalue weighted by Gasteiger charge is 2.27. The van der Waals surface area contributed by atoms with Gasteiger partial charge in [0.25, 0.3) is 5.91 Å². The quantitative estimate of drug-likeness (QED) is 0.329. The molecule has 1 aliphatic heterocycles. The van der Waals surface area contributed by atoms with Crippen molar-refractivity contribution in [3.05, 3.63) is 90.0 Å². The zero-order valence-electron chi connectivity index (χ0n) is 21.0. The molecule has 38 heavy (non-hydrogen) atoms. The van der Waals surface area contributed by atoms with Crippen LogP contribution in [0.15, 0.2) is 73.2 Å². The monoisotopic (exact) mass is 577 g/mol. The van der Waals surface area contributed by atoms with Gasteiger partial charge in [0.15, 0.2) is 0 Å². The highest BCUT2D eigenvalue weighted by Crippen LogP contribution is 2.32. The van der Waals surface area contributed by atoms with Gasteiger partial charge < -0.3 is 24.3 Å². The lowest BCUT2D eigenvalue weighted by molar-refractivity contribution is 0.0747. The van der Waals surface area contributed by atoms with E-state index >= 15 is 0 Å². The fraction of sp³-hybridized carbons (Fsp3) is 0.222. The third-order valence-corrected chi connectivity index (χ3v) is 6.20. The molecule has 0 fully saturated rings. The van der Waals surface area contributed by atoms with E-state index in [1.807, 2.05) is 29.3 Å². The molecule has 3 heterocycles. The summed E-state index contributed by atoms with van der Waals surface area (Å²) in [6.45, 7) is 2.38. The lowest BCUT2D eigenvalue weighted by Gasteiger charge is -2.24. The number of nitrogens with one attached hydrogen (secondary N) is 1. The Morgan fingerprint density at radius 2 is 1.74 bits per heavy atom. The van der Waals surface area contributed by atoms with Crippen LogP contribution in [0.1, 0.15) is 21.6 Å². The number of amides is 1. The lowest BCUT2D eigenvalue weighted by atomic mass is 10.0. The molecule has 0 saturated carbocycles. The fourth-order valence-electron chi connectivity index (χ4n) is 4.42. The van der Waals surface area contributed by atoms with Crippen molar-refractivity contribution in [2.24, 2.45) is 0 Å². The number of carbonyl (C=O) groups excluding carboxylic acids is 1. The largest absolute Gasteiger partial charge is 0.481 e. The van der Waals surface area contributed by atoms with Gasteiger partial charge in [0.2, 0.25) is 11.8 Å². The molecule has 0 spiro atoms. The van der Waals surface area contributed by atoms with Crippen LogP contribution >= 0.6 is 37.2 Å². The minimum atomic E-state index is -0.128. The van der Waals surface area contributed by atoms with Gasteiger partial charge in [-0.25, -0.2) is 4.98 Å². The molecule has 0 unspecified atom stereocenters. The molecule has 2 aromatic heterocycles. The molecule has 0 bridgehead atoms. The highest BCUT2D eigenvalue weighted by molar-refractivity contribution is 5.96. The highest BCUT2D eigenvalue weighted by atomic mass is 35.5. The fourth-order valence-corrected chi connectivity index (χ4v) is 4.42. The Hall–Kier alpha value is -3.46. The van der Waals surface area contributed by atoms with Gasteiger partial charge >= 0.3 is 0 Å². The van der Waals surface area contributed by atoms with Crippen LogP contribution in [-0.2, 0) is 13.1 Å². The molecular formula is C27H30Cl3N5O3. The standard InChI is InChI=1S/C27H27N5O3.3ClH/c1-34-25-11-9-23(26(30-25)35-2)27(33)32-13-12-31(17-22-15-28-18-29-22)24-10-8-20(14-21(24)16-32)19-6-4-3-5-7-19;;;/h3-11,14-15,18H,12-13,16-17H2,1-2H3,(H,28,29);3*1H. The maximum atomic E-state index is 13.7. The zero-order chi connectivity index (χ0) is 24.2. The first-order valence-electron chi connectivity index (χ1n) is 11.4. The summed E-state index contributed by atoms with van der Waals surface area (Å²) in [6, 6.07) is 20.1. The van der Waals surface area contributed by atoms with Gasteiger partial charge in [0, 0.05) is 37.6 Å². The number of anilines is 1. The normalized spacial score (nSPS) is 12.2. The Bertz CT molecular complexity index is 1320. The van der Waals surface area contributed by atoms with Crippen LogP contribution in [0, 0.1) is 0 Å². The molecule has 2 aromatic carbocycles. The molecule has 0 aliphatic carbocycles. The zero-order valence-corrected chi connectivity index (χ0v) is 23.4. The van der Waals surface area contributed by atoms with Crippen LogP contribution in [0.3, 0.4) is 0 Å². The van der Waals surface area contributed by atoms with E-state index in [4.69, 9.17) is 9.47 Å². The number of benzene rings is 2. The van der Waals surface area contributed by atoms with Gasteiger partial charge in [-0.1, -0.05) is 36.4 Å². The molecule has 4 aromatic rings. The first kappa shape index (κ1) is 30.8. The van der Waals surface area contributed by atoms with E-state index in [0.717, 1.165) is 28.1 Å². The van der Waals surface area contributed by atoms with Crippen LogP contribution in [0.5, 0.6) is 11.8 Å². The summed E-state index contributed by atoms with van der Waals surface area (Å²) in [5.74, 6) is 0.528. The summed E-state index contributed by atoms with van der Waals surface area (Å²) < 4.78 is 10.6. The van der Waals surface area contributed by atoms with Crippen molar-refractivity contribution in [2.45, 2.75) is 13.1 Å². The lowest BCUT2D eigenvalue weighted by Crippen LogP contribution is -2.35. The van der Waals surface area contributed by atoms with Gasteiger partial charge in [0.1, 0.15) is 5.56 Å². The number of pyridine rings is 1. The van der Waals surface area contributed by atoms with Gasteiger partial charge in [-0.15, -0.1) is 37.2 Å². The summed E-state index contributed by atoms with van der Waals surface area (Å²) in [5.41, 5.74) is 5.87. The number of methoxy groups -OCH3 is 2. The van der Waals surface area contributed by atoms with Crippen molar-refractivity contribution in [3.63, 3.8) is 0 Å². The van der Waals surface area contributed by atoms with Crippen LogP contribution < -0.4 is 14.4 Å². The molecule has 202 valence electrons. The van der Waals surface area contributed by atoms with E-state index in [1.165, 1.54) is 14.2 Å². The third kappa shape index (κ3) is 6.51. The number of rotatable bonds is 6. The Balaban J connectivity index is 0.00000169. The third-order valence-electron chi connectivity index (χ3n) is 6.20. The number of halogens is 3. The number of fused-ring (bicyclic) bond motifs is 1. The molecule has 1 aliphatic rings. The van der Waals surface area contributed by atoms with Gasteiger partial charge in [-0.3, -0.25) is 4.79 Å². The number of hydrogen-bond acceptors (Lipinski definition) is 6. The van der Waals surface area contributed by atoms with Crippen molar-refractivity contribution in [3.8, 4) is 22.9 Å². The molecule has 11 heteroatoms. The number of H-pyrrole nitrogens is 1. The molecule has 0 saturated heterocycles. The maximum absolute atomic E-state index is 13.7. The van der Waals surface area contributed by atoms with Crippen molar-refractivity contribution < 1.29 is 14.3 Å². The van der Waals surface area contributed by atoms with E-state index in [1.54, 1.807) is 18.5 Å². The van der Waals surface area contributed by atoms with E-state index in [-0.39, 0.29) is 49.0 Å². The number of carbonyl (C=O) groups is 1. The van der Waals surface area contributed by atoms with E-state index in [0.29, 0.717) is 37.6 Å². The van der Waals surface area contributed by atoms with E-state index in [2.05, 4.69) is 50.2 Å². The SMILES string of the molecule is COc1ccc(C(=O)N2CCN(Cc3cnc[nH]3)c3ccc(-c4ccccc4)cc3C2)c(OC)n1.Cl.Cl.Cl. The average molecular weight is 579 g/mol. The molecule has 0 atom stereocenters. The molecule has 0 radical (unpaired) electrons. The van der Waals surface area contributed by atoms with Crippen LogP contribution in [0.2, 0.25) is 0 Å². The second-order valence-electron chi connectivity index (χ2n) is 8.35. The first-order chi connectivity index (χ1) is 17.2. The Labute approximate surface area is 240 Å². The number of aromatic amines is 1. The van der Waals surface area contributed by atoms with Crippen molar-refractivity contribution in [1.29, 1.82) is 0 Å². The van der Waals surface area contributed by atoms with Gasteiger partial charge in [0.05, 0.1) is 32.8 Å². The minimum Gasteiger partial charge on any atom is -0.481 e. The topological polar surface area (TPSA) is 83.6 Å². The number of aromatic nitrogens is 3. The van der Waals surface area contributed by atoms with Crippen LogP contribution in [0.4, 0.5) is 5.69 Å². The van der Waals surface area contributed by atoms with Gasteiger partial charge in [-0.05, 0) is 34.9 Å². The summed E-state index contributed by atoms with van der Waals surface area (Å²) in [6.07, 6.45) is 3.52. The van der Waals surface area contributed by atoms with Gasteiger partial charge in [-0.2, -0.15) is 4.98 Å². The summed E-state index contributed by atoms with van der Waals surface area (Å²) in [4.78, 5) is 29.4. The summed E-state index contributed by atoms with van der Waals surface area (Å²) in [7, 11) is 3.04. The average Bonchev–Trinajstić information content (AvgIpc) is 3.36. The predicted molar refractivity (Wildman–Crippen MR) is 155 cm³/mol. The molecule has 1 N–H and O–H groups in total. The molecule has 1 amide bonds. The summed E-state index contributed by atoms with van der Waals surface area (Å²) >= 11 is 0. The molecule has 8 nitrogen and oxygen atoms in total. The molecular weight excluding hydrogens is 549 g/mol. The van der Waals surface area contributed by atoms with Crippen molar-refractivity contribution in [2.75, 3.05) is 32.2 Å². The van der Waals surface area contributed by atoms with E-state index in [9.17, 15) is 4.79 Å². The summed E-state index contributed by atoms with van der Waals surface area (Å²) in [5, 5.41) is 0. The Morgan fingerprint density at radius 3 is 2.42 bits per heavy atom. The first-order valence-corrected chi connectivity index (χ1v) is 11.4. The number of imidazole rings is 1. The predicted octanol–water partition coefficient (Wildman–Crippen LogP) is 5.42. The van der Waals surface area contributed by atoms with Crippen molar-refractivity contribution >= 4 is 48.8 Å². The number of hydrogen-bond donors (Lipinski definition) is 1. The minimum absolute atomic E-state index is 0. The maximum Gasteiger partial charge on any atom is 0.259 e. The van der Waals surface area contributed by atoms with Crippen LogP contribution in [0.25, 0.3) is 11.1 Å². The second-order valence-corrected chi connectivity index (χ2v) is 8.35. The van der Waals surface area contributed by atoms with Crippen molar-refractivity contribution in [1.82, 2.24) is 19.9 Å². The molecule has 5 rings (SSSR count). The smallest absolute Gasteiger partial charge is 0.259 e. The number of ether oxygens (including phenoxy) is 2.